The summed E-state index contributed by atoms with van der Waals surface area (Å²) in [5, 5.41) is 12.7. The lowest BCUT2D eigenvalue weighted by atomic mass is 10.1. The number of hydrogen-bond donors (Lipinski definition) is 1. The van der Waals surface area contributed by atoms with E-state index in [-0.39, 0.29) is 5.91 Å². The van der Waals surface area contributed by atoms with Crippen LogP contribution >= 0.6 is 0 Å². The summed E-state index contributed by atoms with van der Waals surface area (Å²) in [5.74, 6) is -0.188. The Morgan fingerprint density at radius 1 is 1.00 bits per heavy atom. The molecule has 0 unspecified atom stereocenters. The molecule has 0 bridgehead atoms. The fraction of sp³-hybridized carbons (Fsp3) is 0.120. The van der Waals surface area contributed by atoms with Gasteiger partial charge in [0.05, 0.1) is 28.9 Å². The maximum Gasteiger partial charge on any atom is 0.256 e. The van der Waals surface area contributed by atoms with Gasteiger partial charge in [-0.05, 0) is 55.8 Å². The highest BCUT2D eigenvalue weighted by molar-refractivity contribution is 6.12. The minimum absolute atomic E-state index is 0.188. The van der Waals surface area contributed by atoms with Crippen LogP contribution in [0, 0.1) is 13.8 Å². The summed E-state index contributed by atoms with van der Waals surface area (Å²) in [5.41, 5.74) is 5.43. The van der Waals surface area contributed by atoms with Crippen LogP contribution in [-0.4, -0.2) is 30.5 Å². The number of pyridine rings is 1. The van der Waals surface area contributed by atoms with Crippen LogP contribution in [0.2, 0.25) is 0 Å². The first-order valence-electron chi connectivity index (χ1n) is 10.4. The van der Waals surface area contributed by atoms with E-state index in [0.717, 1.165) is 33.7 Å². The van der Waals surface area contributed by atoms with Crippen LogP contribution < -0.4 is 5.32 Å². The third-order valence-corrected chi connectivity index (χ3v) is 5.27. The normalized spacial score (nSPS) is 11.1. The molecule has 0 aliphatic rings. The number of carbonyl (C=O) groups is 1. The molecule has 0 fully saturated rings. The van der Waals surface area contributed by atoms with Crippen LogP contribution in [0.15, 0.2) is 79.1 Å². The molecule has 0 aliphatic heterocycles. The molecule has 3 aromatic heterocycles. The molecule has 0 radical (unpaired) electrons. The number of nitrogens with one attached hydrogen (secondary N) is 1. The lowest BCUT2D eigenvalue weighted by Gasteiger charge is -2.10. The largest absolute Gasteiger partial charge is 0.322 e. The van der Waals surface area contributed by atoms with E-state index in [2.05, 4.69) is 20.5 Å². The van der Waals surface area contributed by atoms with Gasteiger partial charge in [-0.1, -0.05) is 30.3 Å². The van der Waals surface area contributed by atoms with Crippen LogP contribution in [0.5, 0.6) is 0 Å². The third kappa shape index (κ3) is 3.76. The van der Waals surface area contributed by atoms with E-state index in [9.17, 15) is 4.79 Å². The Bertz CT molecular complexity index is 1400. The van der Waals surface area contributed by atoms with Crippen LogP contribution in [0.3, 0.4) is 0 Å². The van der Waals surface area contributed by atoms with Crippen molar-refractivity contribution in [1.82, 2.24) is 24.5 Å². The van der Waals surface area contributed by atoms with E-state index < -0.39 is 0 Å². The van der Waals surface area contributed by atoms with E-state index in [1.165, 1.54) is 0 Å². The molecule has 32 heavy (non-hydrogen) atoms. The van der Waals surface area contributed by atoms with Crippen molar-refractivity contribution in [3.8, 4) is 5.69 Å². The predicted molar refractivity (Wildman–Crippen MR) is 124 cm³/mol. The number of anilines is 1. The Morgan fingerprint density at radius 2 is 1.84 bits per heavy atom. The Balaban J connectivity index is 1.50. The summed E-state index contributed by atoms with van der Waals surface area (Å²) in [6.45, 7) is 4.43. The first kappa shape index (κ1) is 19.7. The molecule has 7 heteroatoms. The Hall–Kier alpha value is -4.26. The molecule has 1 amide bonds. The van der Waals surface area contributed by atoms with Crippen LogP contribution in [0.25, 0.3) is 16.7 Å². The molecule has 0 saturated carbocycles. The van der Waals surface area contributed by atoms with E-state index in [1.807, 2.05) is 91.5 Å². The van der Waals surface area contributed by atoms with Gasteiger partial charge in [-0.15, -0.1) is 0 Å². The van der Waals surface area contributed by atoms with Crippen molar-refractivity contribution < 1.29 is 4.79 Å². The number of rotatable bonds is 5. The quantitative estimate of drug-likeness (QED) is 0.451. The lowest BCUT2D eigenvalue weighted by molar-refractivity contribution is 0.102. The van der Waals surface area contributed by atoms with Gasteiger partial charge in [-0.3, -0.25) is 9.48 Å². The fourth-order valence-corrected chi connectivity index (χ4v) is 3.87. The highest BCUT2D eigenvalue weighted by atomic mass is 16.1. The predicted octanol–water partition coefficient (Wildman–Crippen LogP) is 4.53. The van der Waals surface area contributed by atoms with E-state index >= 15 is 0 Å². The van der Waals surface area contributed by atoms with Crippen LogP contribution in [0.4, 0.5) is 5.69 Å². The van der Waals surface area contributed by atoms with Crippen molar-refractivity contribution in [2.75, 3.05) is 5.32 Å². The van der Waals surface area contributed by atoms with Gasteiger partial charge in [-0.25, -0.2) is 9.67 Å². The molecule has 3 heterocycles. The number of para-hydroxylation sites is 1. The smallest absolute Gasteiger partial charge is 0.256 e. The van der Waals surface area contributed by atoms with Crippen molar-refractivity contribution >= 4 is 22.6 Å². The van der Waals surface area contributed by atoms with Crippen molar-refractivity contribution in [2.24, 2.45) is 0 Å². The molecule has 0 saturated heterocycles. The molecule has 5 aromatic rings. The Kier molecular flexibility index (Phi) is 4.99. The monoisotopic (exact) mass is 422 g/mol. The Labute approximate surface area is 185 Å². The zero-order valence-electron chi connectivity index (χ0n) is 17.9. The number of carbonyl (C=O) groups excluding carboxylic acids is 1. The zero-order valence-corrected chi connectivity index (χ0v) is 17.9. The average Bonchev–Trinajstić information content (AvgIpc) is 3.42. The number of amides is 1. The first-order valence-corrected chi connectivity index (χ1v) is 10.4. The van der Waals surface area contributed by atoms with Gasteiger partial charge in [0.25, 0.3) is 5.91 Å². The Morgan fingerprint density at radius 3 is 2.62 bits per heavy atom. The molecule has 0 spiro atoms. The standard InChI is InChI=1S/C25H22N6O/c1-17-14-22(23-18(2)29-31(24(23)27-17)21-10-4-3-5-11-21)25(32)28-20-9-6-8-19(15-20)16-30-13-7-12-26-30/h3-15H,16H2,1-2H3,(H,28,32). The van der Waals surface area contributed by atoms with Gasteiger partial charge in [0.15, 0.2) is 5.65 Å². The number of aromatic nitrogens is 5. The van der Waals surface area contributed by atoms with E-state index in [1.54, 1.807) is 10.9 Å². The minimum Gasteiger partial charge on any atom is -0.322 e. The number of fused-ring (bicyclic) bond motifs is 1. The number of nitrogens with zero attached hydrogens (tertiary/aromatic N) is 5. The molecule has 1 N–H and O–H groups in total. The van der Waals surface area contributed by atoms with Crippen LogP contribution in [-0.2, 0) is 6.54 Å². The molecule has 0 aliphatic carbocycles. The lowest BCUT2D eigenvalue weighted by Crippen LogP contribution is -2.14. The first-order chi connectivity index (χ1) is 15.6. The molecule has 7 nitrogen and oxygen atoms in total. The van der Waals surface area contributed by atoms with Gasteiger partial charge in [0, 0.05) is 23.8 Å². The van der Waals surface area contributed by atoms with Crippen LogP contribution in [0.1, 0.15) is 27.3 Å². The maximum absolute atomic E-state index is 13.3. The fourth-order valence-electron chi connectivity index (χ4n) is 3.87. The molecule has 158 valence electrons. The number of benzene rings is 2. The molecule has 5 rings (SSSR count). The van der Waals surface area contributed by atoms with Gasteiger partial charge in [-0.2, -0.15) is 10.2 Å². The summed E-state index contributed by atoms with van der Waals surface area (Å²) in [6.07, 6.45) is 3.66. The highest BCUT2D eigenvalue weighted by Gasteiger charge is 2.19. The summed E-state index contributed by atoms with van der Waals surface area (Å²) < 4.78 is 3.64. The topological polar surface area (TPSA) is 77.6 Å². The zero-order chi connectivity index (χ0) is 22.1. The second-order valence-corrected chi connectivity index (χ2v) is 7.70. The molecule has 2 aromatic carbocycles. The minimum atomic E-state index is -0.188. The van der Waals surface area contributed by atoms with Gasteiger partial charge < -0.3 is 5.32 Å². The summed E-state index contributed by atoms with van der Waals surface area (Å²) in [4.78, 5) is 18.0. The molecular weight excluding hydrogens is 400 g/mol. The third-order valence-electron chi connectivity index (χ3n) is 5.27. The van der Waals surface area contributed by atoms with E-state index in [4.69, 9.17) is 0 Å². The van der Waals surface area contributed by atoms with Gasteiger partial charge in [0.1, 0.15) is 0 Å². The second-order valence-electron chi connectivity index (χ2n) is 7.70. The summed E-state index contributed by atoms with van der Waals surface area (Å²) in [6, 6.07) is 21.3. The maximum atomic E-state index is 13.3. The van der Waals surface area contributed by atoms with Crippen molar-refractivity contribution in [3.05, 3.63) is 102 Å². The number of aryl methyl sites for hydroxylation is 2. The average molecular weight is 422 g/mol. The highest BCUT2D eigenvalue weighted by Crippen LogP contribution is 2.26. The van der Waals surface area contributed by atoms with Crippen molar-refractivity contribution in [3.63, 3.8) is 0 Å². The molecule has 0 atom stereocenters. The van der Waals surface area contributed by atoms with Gasteiger partial charge in [0.2, 0.25) is 0 Å². The van der Waals surface area contributed by atoms with Crippen molar-refractivity contribution in [2.45, 2.75) is 20.4 Å². The molecular formula is C25H22N6O. The van der Waals surface area contributed by atoms with E-state index in [0.29, 0.717) is 17.8 Å². The SMILES string of the molecule is Cc1cc(C(=O)Nc2cccc(Cn3cccn3)c2)c2c(C)nn(-c3ccccc3)c2n1. The van der Waals surface area contributed by atoms with Gasteiger partial charge >= 0.3 is 0 Å². The van der Waals surface area contributed by atoms with Crippen molar-refractivity contribution in [1.29, 1.82) is 0 Å². The summed E-state index contributed by atoms with van der Waals surface area (Å²) in [7, 11) is 0. The summed E-state index contributed by atoms with van der Waals surface area (Å²) >= 11 is 0. The number of hydrogen-bond acceptors (Lipinski definition) is 4. The second kappa shape index (κ2) is 8.11.